The lowest BCUT2D eigenvalue weighted by atomic mass is 9.87. The second-order valence-electron chi connectivity index (χ2n) is 4.18. The predicted octanol–water partition coefficient (Wildman–Crippen LogP) is 1.58. The number of aromatic nitrogens is 1. The summed E-state index contributed by atoms with van der Waals surface area (Å²) in [5.41, 5.74) is 1.14. The van der Waals surface area contributed by atoms with Crippen LogP contribution in [0, 0.1) is 5.92 Å². The van der Waals surface area contributed by atoms with Crippen molar-refractivity contribution in [3.05, 3.63) is 30.1 Å². The highest BCUT2D eigenvalue weighted by molar-refractivity contribution is 5.16. The minimum Gasteiger partial charge on any atom is -0.392 e. The lowest BCUT2D eigenvalue weighted by Gasteiger charge is -2.23. The maximum absolute atomic E-state index is 10.2. The van der Waals surface area contributed by atoms with Crippen LogP contribution in [0.15, 0.2) is 24.5 Å². The zero-order valence-corrected chi connectivity index (χ0v) is 8.97. The van der Waals surface area contributed by atoms with E-state index >= 15 is 0 Å². The molecular formula is C12H17NO2. The lowest BCUT2D eigenvalue weighted by molar-refractivity contribution is 0.0737. The van der Waals surface area contributed by atoms with E-state index in [-0.39, 0.29) is 17.9 Å². The largest absolute Gasteiger partial charge is 0.392 e. The Kier molecular flexibility index (Phi) is 3.34. The average Bonchev–Trinajstić information content (AvgIpc) is 2.82. The zero-order valence-electron chi connectivity index (χ0n) is 8.97. The molecule has 1 saturated heterocycles. The van der Waals surface area contributed by atoms with Crippen molar-refractivity contribution in [1.29, 1.82) is 0 Å². The molecule has 0 spiro atoms. The van der Waals surface area contributed by atoms with Gasteiger partial charge in [-0.2, -0.15) is 0 Å². The molecular weight excluding hydrogens is 190 g/mol. The van der Waals surface area contributed by atoms with Gasteiger partial charge in [0, 0.05) is 30.8 Å². The van der Waals surface area contributed by atoms with E-state index in [9.17, 15) is 5.11 Å². The van der Waals surface area contributed by atoms with Crippen LogP contribution in [0.3, 0.4) is 0 Å². The van der Waals surface area contributed by atoms with Crippen LogP contribution >= 0.6 is 0 Å². The molecule has 1 aromatic rings. The molecule has 1 N–H and O–H groups in total. The van der Waals surface area contributed by atoms with Gasteiger partial charge in [-0.15, -0.1) is 0 Å². The van der Waals surface area contributed by atoms with E-state index in [1.165, 1.54) is 0 Å². The SMILES string of the molecule is CC(c1ccncc1)C(O)C1CCOC1. The molecule has 1 aliphatic heterocycles. The van der Waals surface area contributed by atoms with Crippen LogP contribution in [0.5, 0.6) is 0 Å². The van der Waals surface area contributed by atoms with Crippen molar-refractivity contribution in [2.75, 3.05) is 13.2 Å². The molecule has 0 amide bonds. The number of rotatable bonds is 3. The van der Waals surface area contributed by atoms with E-state index in [0.717, 1.165) is 18.6 Å². The molecule has 0 aliphatic carbocycles. The van der Waals surface area contributed by atoms with Crippen LogP contribution in [0.1, 0.15) is 24.8 Å². The highest BCUT2D eigenvalue weighted by Gasteiger charge is 2.28. The second kappa shape index (κ2) is 4.73. The molecule has 2 heterocycles. The van der Waals surface area contributed by atoms with Crippen molar-refractivity contribution in [3.63, 3.8) is 0 Å². The summed E-state index contributed by atoms with van der Waals surface area (Å²) in [5.74, 6) is 0.438. The van der Waals surface area contributed by atoms with Gasteiger partial charge in [0.1, 0.15) is 0 Å². The first kappa shape index (κ1) is 10.6. The van der Waals surface area contributed by atoms with Gasteiger partial charge in [-0.3, -0.25) is 4.98 Å². The fraction of sp³-hybridized carbons (Fsp3) is 0.583. The number of aliphatic hydroxyl groups excluding tert-OH is 1. The van der Waals surface area contributed by atoms with Crippen LogP contribution in [0.4, 0.5) is 0 Å². The highest BCUT2D eigenvalue weighted by Crippen LogP contribution is 2.28. The van der Waals surface area contributed by atoms with Crippen LogP contribution in [0.2, 0.25) is 0 Å². The topological polar surface area (TPSA) is 42.4 Å². The van der Waals surface area contributed by atoms with Crippen molar-refractivity contribution in [1.82, 2.24) is 4.98 Å². The van der Waals surface area contributed by atoms with Gasteiger partial charge >= 0.3 is 0 Å². The van der Waals surface area contributed by atoms with Crippen LogP contribution < -0.4 is 0 Å². The third-order valence-corrected chi connectivity index (χ3v) is 3.19. The van der Waals surface area contributed by atoms with E-state index in [1.807, 2.05) is 12.1 Å². The number of hydrogen-bond donors (Lipinski definition) is 1. The summed E-state index contributed by atoms with van der Waals surface area (Å²) in [7, 11) is 0. The molecule has 2 rings (SSSR count). The van der Waals surface area contributed by atoms with Gasteiger partial charge in [-0.1, -0.05) is 6.92 Å². The van der Waals surface area contributed by atoms with Crippen LogP contribution in [0.25, 0.3) is 0 Å². The third-order valence-electron chi connectivity index (χ3n) is 3.19. The fourth-order valence-electron chi connectivity index (χ4n) is 2.09. The van der Waals surface area contributed by atoms with Crippen molar-refractivity contribution in [2.45, 2.75) is 25.4 Å². The normalized spacial score (nSPS) is 25.1. The number of nitrogens with zero attached hydrogens (tertiary/aromatic N) is 1. The fourth-order valence-corrected chi connectivity index (χ4v) is 2.09. The first-order chi connectivity index (χ1) is 7.29. The van der Waals surface area contributed by atoms with E-state index in [0.29, 0.717) is 6.61 Å². The summed E-state index contributed by atoms with van der Waals surface area (Å²) >= 11 is 0. The van der Waals surface area contributed by atoms with E-state index in [1.54, 1.807) is 12.4 Å². The highest BCUT2D eigenvalue weighted by atomic mass is 16.5. The Morgan fingerprint density at radius 1 is 1.47 bits per heavy atom. The summed E-state index contributed by atoms with van der Waals surface area (Å²) < 4.78 is 5.29. The molecule has 0 aromatic carbocycles. The van der Waals surface area contributed by atoms with E-state index in [4.69, 9.17) is 4.74 Å². The molecule has 1 aliphatic rings. The summed E-state index contributed by atoms with van der Waals surface area (Å²) in [4.78, 5) is 3.98. The number of pyridine rings is 1. The predicted molar refractivity (Wildman–Crippen MR) is 57.6 cm³/mol. The molecule has 82 valence electrons. The molecule has 3 atom stereocenters. The summed E-state index contributed by atoms with van der Waals surface area (Å²) in [5, 5.41) is 10.2. The quantitative estimate of drug-likeness (QED) is 0.818. The molecule has 0 saturated carbocycles. The second-order valence-corrected chi connectivity index (χ2v) is 4.18. The first-order valence-electron chi connectivity index (χ1n) is 5.45. The Bertz CT molecular complexity index is 296. The Balaban J connectivity index is 2.03. The first-order valence-corrected chi connectivity index (χ1v) is 5.45. The molecule has 3 nitrogen and oxygen atoms in total. The monoisotopic (exact) mass is 207 g/mol. The Labute approximate surface area is 90.1 Å². The Morgan fingerprint density at radius 3 is 2.80 bits per heavy atom. The molecule has 0 bridgehead atoms. The van der Waals surface area contributed by atoms with Gasteiger partial charge in [0.25, 0.3) is 0 Å². The van der Waals surface area contributed by atoms with E-state index in [2.05, 4.69) is 11.9 Å². The third kappa shape index (κ3) is 2.36. The van der Waals surface area contributed by atoms with Gasteiger partial charge < -0.3 is 9.84 Å². The number of hydrogen-bond acceptors (Lipinski definition) is 3. The van der Waals surface area contributed by atoms with Crippen molar-refractivity contribution in [3.8, 4) is 0 Å². The summed E-state index contributed by atoms with van der Waals surface area (Å²) in [6.45, 7) is 3.53. The number of aliphatic hydroxyl groups is 1. The zero-order chi connectivity index (χ0) is 10.7. The number of ether oxygens (including phenoxy) is 1. The van der Waals surface area contributed by atoms with Gasteiger partial charge in [-0.25, -0.2) is 0 Å². The van der Waals surface area contributed by atoms with Crippen LogP contribution in [-0.2, 0) is 4.74 Å². The van der Waals surface area contributed by atoms with Crippen molar-refractivity contribution in [2.24, 2.45) is 5.92 Å². The Hall–Kier alpha value is -0.930. The Morgan fingerprint density at radius 2 is 2.20 bits per heavy atom. The molecule has 1 fully saturated rings. The van der Waals surface area contributed by atoms with E-state index < -0.39 is 0 Å². The van der Waals surface area contributed by atoms with Gasteiger partial charge in [0.05, 0.1) is 12.7 Å². The lowest BCUT2D eigenvalue weighted by Crippen LogP contribution is -2.26. The molecule has 15 heavy (non-hydrogen) atoms. The molecule has 3 unspecified atom stereocenters. The molecule has 1 aromatic heterocycles. The van der Waals surface area contributed by atoms with Gasteiger partial charge in [0.15, 0.2) is 0 Å². The smallest absolute Gasteiger partial charge is 0.0657 e. The van der Waals surface area contributed by atoms with Crippen molar-refractivity contribution < 1.29 is 9.84 Å². The van der Waals surface area contributed by atoms with Gasteiger partial charge in [-0.05, 0) is 24.1 Å². The van der Waals surface area contributed by atoms with Crippen LogP contribution in [-0.4, -0.2) is 29.4 Å². The molecule has 3 heteroatoms. The minimum atomic E-state index is -0.310. The minimum absolute atomic E-state index is 0.152. The average molecular weight is 207 g/mol. The van der Waals surface area contributed by atoms with Gasteiger partial charge in [0.2, 0.25) is 0 Å². The molecule has 0 radical (unpaired) electrons. The van der Waals surface area contributed by atoms with Crippen molar-refractivity contribution >= 4 is 0 Å². The summed E-state index contributed by atoms with van der Waals surface area (Å²) in [6.07, 6.45) is 4.19. The summed E-state index contributed by atoms with van der Waals surface area (Å²) in [6, 6.07) is 3.92. The maximum Gasteiger partial charge on any atom is 0.0657 e. The maximum atomic E-state index is 10.2. The standard InChI is InChI=1S/C12H17NO2/c1-9(10-2-5-13-6-3-10)12(14)11-4-7-15-8-11/h2-3,5-6,9,11-12,14H,4,7-8H2,1H3.